The van der Waals surface area contributed by atoms with Gasteiger partial charge >= 0.3 is 0 Å². The normalized spacial score (nSPS) is 10.8. The van der Waals surface area contributed by atoms with Crippen LogP contribution in [0.5, 0.6) is 5.75 Å². The third-order valence-electron chi connectivity index (χ3n) is 2.93. The quantitative estimate of drug-likeness (QED) is 0.505. The SMILES string of the molecule is COc1cc2ccc1=2.Clc1ccc2ccoc2c1. The molecule has 2 aromatic rings. The molecule has 0 N–H and O–H groups in total. The fraction of sp³-hybridized carbons (Fsp3) is 0.0667. The molecule has 90 valence electrons. The van der Waals surface area contributed by atoms with Gasteiger partial charge in [-0.2, -0.15) is 0 Å². The number of hydrogen-bond acceptors (Lipinski definition) is 2. The van der Waals surface area contributed by atoms with Crippen molar-refractivity contribution in [2.75, 3.05) is 7.11 Å². The minimum absolute atomic E-state index is 0.711. The van der Waals surface area contributed by atoms with Crippen molar-refractivity contribution in [1.82, 2.24) is 0 Å². The lowest BCUT2D eigenvalue weighted by Crippen LogP contribution is -1.92. The number of methoxy groups -OCH3 is 1. The summed E-state index contributed by atoms with van der Waals surface area (Å²) in [7, 11) is 1.70. The molecule has 0 unspecified atom stereocenters. The first-order valence-electron chi connectivity index (χ1n) is 5.59. The molecular formula is C15H11ClO2. The van der Waals surface area contributed by atoms with E-state index in [2.05, 4.69) is 12.1 Å². The molecule has 0 saturated heterocycles. The van der Waals surface area contributed by atoms with E-state index in [1.54, 1.807) is 19.4 Å². The minimum atomic E-state index is 0.711. The molecule has 2 aliphatic carbocycles. The summed E-state index contributed by atoms with van der Waals surface area (Å²) in [5.74, 6) is 1.03. The Kier molecular flexibility index (Phi) is 2.73. The summed E-state index contributed by atoms with van der Waals surface area (Å²) in [6, 6.07) is 13.7. The molecule has 0 aliphatic heterocycles. The van der Waals surface area contributed by atoms with Crippen molar-refractivity contribution in [2.24, 2.45) is 0 Å². The molecule has 0 fully saturated rings. The molecule has 1 aromatic carbocycles. The van der Waals surface area contributed by atoms with E-state index in [-0.39, 0.29) is 0 Å². The summed E-state index contributed by atoms with van der Waals surface area (Å²) < 4.78 is 10.1. The molecule has 1 aromatic heterocycles. The molecule has 18 heavy (non-hydrogen) atoms. The summed E-state index contributed by atoms with van der Waals surface area (Å²) in [5, 5.41) is 4.42. The fourth-order valence-electron chi connectivity index (χ4n) is 1.85. The highest BCUT2D eigenvalue weighted by molar-refractivity contribution is 6.31. The van der Waals surface area contributed by atoms with E-state index in [1.165, 1.54) is 10.4 Å². The van der Waals surface area contributed by atoms with E-state index in [0.29, 0.717) is 5.02 Å². The Labute approximate surface area is 109 Å². The van der Waals surface area contributed by atoms with Crippen LogP contribution < -0.4 is 4.74 Å². The first-order chi connectivity index (χ1) is 8.78. The van der Waals surface area contributed by atoms with Crippen LogP contribution in [0.1, 0.15) is 0 Å². The number of rotatable bonds is 1. The Morgan fingerprint density at radius 2 is 1.94 bits per heavy atom. The van der Waals surface area contributed by atoms with Gasteiger partial charge in [0.2, 0.25) is 0 Å². The van der Waals surface area contributed by atoms with E-state index in [9.17, 15) is 0 Å². The van der Waals surface area contributed by atoms with Crippen LogP contribution in [0.3, 0.4) is 0 Å². The Morgan fingerprint density at radius 1 is 1.06 bits per heavy atom. The number of furan rings is 1. The van der Waals surface area contributed by atoms with Crippen molar-refractivity contribution in [3.63, 3.8) is 0 Å². The second-order valence-electron chi connectivity index (χ2n) is 4.02. The van der Waals surface area contributed by atoms with Gasteiger partial charge in [-0.3, -0.25) is 0 Å². The van der Waals surface area contributed by atoms with Crippen molar-refractivity contribution in [3.8, 4) is 5.75 Å². The summed E-state index contributed by atoms with van der Waals surface area (Å²) >= 11 is 5.72. The highest BCUT2D eigenvalue weighted by Crippen LogP contribution is 2.22. The molecule has 1 heterocycles. The fourth-order valence-corrected chi connectivity index (χ4v) is 2.01. The summed E-state index contributed by atoms with van der Waals surface area (Å²) in [5.41, 5.74) is 0.840. The predicted molar refractivity (Wildman–Crippen MR) is 71.9 cm³/mol. The third-order valence-corrected chi connectivity index (χ3v) is 3.17. The number of fused-ring (bicyclic) bond motifs is 1. The molecule has 2 aliphatic rings. The second-order valence-corrected chi connectivity index (χ2v) is 4.45. The third kappa shape index (κ3) is 1.85. The lowest BCUT2D eigenvalue weighted by atomic mass is 10.1. The first kappa shape index (κ1) is 11.2. The van der Waals surface area contributed by atoms with Crippen molar-refractivity contribution >= 4 is 22.6 Å². The van der Waals surface area contributed by atoms with E-state index in [0.717, 1.165) is 16.7 Å². The molecular weight excluding hydrogens is 248 g/mol. The van der Waals surface area contributed by atoms with Gasteiger partial charge in [0, 0.05) is 15.6 Å². The zero-order chi connectivity index (χ0) is 12.5. The molecule has 0 amide bonds. The maximum Gasteiger partial charge on any atom is 0.135 e. The molecule has 0 atom stereocenters. The lowest BCUT2D eigenvalue weighted by molar-refractivity contribution is 0.407. The van der Waals surface area contributed by atoms with Gasteiger partial charge in [-0.15, -0.1) is 0 Å². The van der Waals surface area contributed by atoms with Gasteiger partial charge in [-0.25, -0.2) is 0 Å². The average Bonchev–Trinajstić information content (AvgIpc) is 2.80. The van der Waals surface area contributed by atoms with Crippen LogP contribution in [0.2, 0.25) is 5.02 Å². The zero-order valence-corrected chi connectivity index (χ0v) is 10.6. The maximum atomic E-state index is 5.72. The number of halogens is 1. The van der Waals surface area contributed by atoms with Crippen LogP contribution in [0.15, 0.2) is 53.1 Å². The highest BCUT2D eigenvalue weighted by atomic mass is 35.5. The number of benzene rings is 2. The van der Waals surface area contributed by atoms with Gasteiger partial charge < -0.3 is 9.15 Å². The molecule has 0 bridgehead atoms. The van der Waals surface area contributed by atoms with Crippen molar-refractivity contribution in [1.29, 1.82) is 0 Å². The van der Waals surface area contributed by atoms with E-state index < -0.39 is 0 Å². The predicted octanol–water partition coefficient (Wildman–Crippen LogP) is 4.38. The summed E-state index contributed by atoms with van der Waals surface area (Å²) in [6.07, 6.45) is 1.65. The second kappa shape index (κ2) is 4.39. The Morgan fingerprint density at radius 3 is 2.50 bits per heavy atom. The number of hydrogen-bond donors (Lipinski definition) is 0. The topological polar surface area (TPSA) is 22.4 Å². The van der Waals surface area contributed by atoms with Gasteiger partial charge in [-0.1, -0.05) is 23.7 Å². The van der Waals surface area contributed by atoms with Crippen molar-refractivity contribution in [2.45, 2.75) is 0 Å². The van der Waals surface area contributed by atoms with Gasteiger partial charge in [0.05, 0.1) is 13.4 Å². The van der Waals surface area contributed by atoms with Crippen LogP contribution >= 0.6 is 11.6 Å². The standard InChI is InChI=1S/C8H5ClO.C7H6O/c9-7-2-1-6-3-4-10-8(6)5-7;1-8-7-4-5-2-3-6(5)7/h1-5H;2-4H,1H3. The van der Waals surface area contributed by atoms with E-state index in [1.807, 2.05) is 24.3 Å². The van der Waals surface area contributed by atoms with E-state index in [4.69, 9.17) is 20.8 Å². The Bertz CT molecular complexity index is 790. The van der Waals surface area contributed by atoms with Gasteiger partial charge in [0.1, 0.15) is 11.3 Å². The molecule has 2 nitrogen and oxygen atoms in total. The largest absolute Gasteiger partial charge is 0.496 e. The molecule has 0 saturated carbocycles. The molecule has 0 radical (unpaired) electrons. The van der Waals surface area contributed by atoms with Gasteiger partial charge in [0.15, 0.2) is 0 Å². The first-order valence-corrected chi connectivity index (χ1v) is 5.97. The Hall–Kier alpha value is -1.93. The molecule has 0 spiro atoms. The van der Waals surface area contributed by atoms with Crippen LogP contribution in [0, 0.1) is 10.4 Å². The Balaban J connectivity index is 0.000000114. The highest BCUT2D eigenvalue weighted by Gasteiger charge is 2.03. The van der Waals surface area contributed by atoms with E-state index >= 15 is 0 Å². The zero-order valence-electron chi connectivity index (χ0n) is 9.81. The van der Waals surface area contributed by atoms with Crippen LogP contribution in [0.4, 0.5) is 0 Å². The van der Waals surface area contributed by atoms with Crippen LogP contribution in [0.25, 0.3) is 11.0 Å². The molecule has 3 heteroatoms. The maximum absolute atomic E-state index is 5.72. The van der Waals surface area contributed by atoms with Crippen molar-refractivity contribution < 1.29 is 9.15 Å². The van der Waals surface area contributed by atoms with Crippen LogP contribution in [-0.2, 0) is 0 Å². The van der Waals surface area contributed by atoms with Gasteiger partial charge in [0.25, 0.3) is 0 Å². The average molecular weight is 259 g/mol. The molecule has 4 rings (SSSR count). The smallest absolute Gasteiger partial charge is 0.135 e. The monoisotopic (exact) mass is 258 g/mol. The summed E-state index contributed by atoms with van der Waals surface area (Å²) in [6.45, 7) is 0. The van der Waals surface area contributed by atoms with Crippen LogP contribution in [-0.4, -0.2) is 7.11 Å². The van der Waals surface area contributed by atoms with Crippen molar-refractivity contribution in [3.05, 3.63) is 64.2 Å². The minimum Gasteiger partial charge on any atom is -0.496 e. The lowest BCUT2D eigenvalue weighted by Gasteiger charge is -2.08. The van der Waals surface area contributed by atoms with Gasteiger partial charge in [-0.05, 0) is 35.6 Å². The summed E-state index contributed by atoms with van der Waals surface area (Å²) in [4.78, 5) is 0. The number of ether oxygens (including phenoxy) is 1.